The molecule has 2 fully saturated rings. The third kappa shape index (κ3) is 8.98. The van der Waals surface area contributed by atoms with E-state index in [1.807, 2.05) is 12.1 Å². The minimum Gasteiger partial charge on any atom is -0.493 e. The number of carbonyl (C=O) groups excluding carboxylic acids is 2. The molecule has 0 unspecified atom stereocenters. The third-order valence-electron chi connectivity index (χ3n) is 8.11. The number of likely N-dealkylation sites (tertiary alicyclic amines) is 1. The first-order valence-corrected chi connectivity index (χ1v) is 15.3. The van der Waals surface area contributed by atoms with Gasteiger partial charge in [0.1, 0.15) is 12.1 Å². The molecule has 0 radical (unpaired) electrons. The van der Waals surface area contributed by atoms with E-state index in [2.05, 4.69) is 13.2 Å². The van der Waals surface area contributed by atoms with Crippen molar-refractivity contribution in [1.82, 2.24) is 4.90 Å². The van der Waals surface area contributed by atoms with E-state index in [0.29, 0.717) is 62.9 Å². The molecule has 0 spiro atoms. The molecule has 0 aromatic heterocycles. The highest BCUT2D eigenvalue weighted by Crippen LogP contribution is 2.45. The molecule has 1 N–H and O–H groups in total. The number of methoxy groups -OCH3 is 2. The molecule has 234 valence electrons. The van der Waals surface area contributed by atoms with Crippen molar-refractivity contribution in [2.45, 2.75) is 82.3 Å². The lowest BCUT2D eigenvalue weighted by atomic mass is 9.75. The van der Waals surface area contributed by atoms with Crippen molar-refractivity contribution in [1.29, 1.82) is 0 Å². The van der Waals surface area contributed by atoms with E-state index in [-0.39, 0.29) is 18.4 Å². The van der Waals surface area contributed by atoms with Crippen LogP contribution in [-0.4, -0.2) is 81.2 Å². The lowest BCUT2D eigenvalue weighted by molar-refractivity contribution is -0.163. The van der Waals surface area contributed by atoms with E-state index >= 15 is 0 Å². The second-order valence-corrected chi connectivity index (χ2v) is 11.0. The van der Waals surface area contributed by atoms with Gasteiger partial charge in [0.25, 0.3) is 0 Å². The maximum Gasteiger partial charge on any atom is 0.329 e. The van der Waals surface area contributed by atoms with Gasteiger partial charge in [-0.2, -0.15) is 0 Å². The highest BCUT2D eigenvalue weighted by molar-refractivity contribution is 5.89. The Morgan fingerprint density at radius 2 is 1.74 bits per heavy atom. The summed E-state index contributed by atoms with van der Waals surface area (Å²) in [6, 6.07) is 3.08. The molecule has 1 aliphatic carbocycles. The van der Waals surface area contributed by atoms with Crippen molar-refractivity contribution < 1.29 is 38.4 Å². The van der Waals surface area contributed by atoms with Crippen molar-refractivity contribution in [2.75, 3.05) is 47.2 Å². The van der Waals surface area contributed by atoms with Crippen LogP contribution in [0.2, 0.25) is 0 Å². The lowest BCUT2D eigenvalue weighted by Gasteiger charge is -2.39. The summed E-state index contributed by atoms with van der Waals surface area (Å²) >= 11 is 0. The molecule has 1 amide bonds. The minimum atomic E-state index is -0.692. The number of hydrogen-bond acceptors (Lipinski definition) is 8. The van der Waals surface area contributed by atoms with Crippen molar-refractivity contribution >= 4 is 11.9 Å². The molecule has 9 heteroatoms. The van der Waals surface area contributed by atoms with Crippen LogP contribution in [0.25, 0.3) is 0 Å². The molecule has 3 rings (SSSR count). The number of hydrogen-bond donors (Lipinski definition) is 1. The monoisotopic (exact) mass is 587 g/mol. The van der Waals surface area contributed by atoms with Crippen molar-refractivity contribution in [2.24, 2.45) is 5.92 Å². The highest BCUT2D eigenvalue weighted by atomic mass is 16.6. The Morgan fingerprint density at radius 3 is 2.40 bits per heavy atom. The first-order valence-electron chi connectivity index (χ1n) is 15.3. The Kier molecular flexibility index (Phi) is 14.2. The summed E-state index contributed by atoms with van der Waals surface area (Å²) in [7, 11) is 3.14. The Hall–Kier alpha value is -3.04. The van der Waals surface area contributed by atoms with Crippen LogP contribution < -0.4 is 14.2 Å². The maximum atomic E-state index is 14.5. The number of rotatable bonds is 17. The van der Waals surface area contributed by atoms with Crippen LogP contribution in [0.5, 0.6) is 17.2 Å². The average Bonchev–Trinajstić information content (AvgIpc) is 3.02. The van der Waals surface area contributed by atoms with Crippen molar-refractivity contribution in [3.05, 3.63) is 43.0 Å². The molecule has 42 heavy (non-hydrogen) atoms. The molecule has 1 aliphatic heterocycles. The first kappa shape index (κ1) is 33.5. The van der Waals surface area contributed by atoms with Gasteiger partial charge in [-0.05, 0) is 55.7 Å². The molecule has 2 aliphatic rings. The molecular formula is C33H49NO8. The van der Waals surface area contributed by atoms with E-state index in [1.165, 1.54) is 0 Å². The van der Waals surface area contributed by atoms with Crippen molar-refractivity contribution in [3.63, 3.8) is 0 Å². The van der Waals surface area contributed by atoms with Gasteiger partial charge in [-0.15, -0.1) is 13.2 Å². The number of carbonyl (C=O) groups is 2. The topological polar surface area (TPSA) is 104 Å². The van der Waals surface area contributed by atoms with Crippen LogP contribution in [0.3, 0.4) is 0 Å². The summed E-state index contributed by atoms with van der Waals surface area (Å²) in [5, 5.41) is 9.67. The van der Waals surface area contributed by atoms with Crippen molar-refractivity contribution in [3.8, 4) is 17.2 Å². The van der Waals surface area contributed by atoms with Gasteiger partial charge in [-0.1, -0.05) is 31.4 Å². The molecule has 3 atom stereocenters. The number of nitrogens with zero attached hydrogens (tertiary/aromatic N) is 1. The normalized spacial score (nSPS) is 18.9. The molecule has 1 heterocycles. The van der Waals surface area contributed by atoms with Crippen LogP contribution >= 0.6 is 0 Å². The number of aliphatic hydroxyl groups is 1. The standard InChI is InChI=1S/C33H49NO8/c1-5-13-26(23-35)42-33(37)27-16-10-11-17-34(27)32(36)30(24-14-8-7-9-15-24)25-21-28(38-3)31(39-4)29(22-25)41-20-12-19-40-18-6-2/h5-6,21-22,24,26-27,30,35H,1-2,7-20,23H2,3-4H3/t26-,27-,30-/m0/s1. The number of esters is 1. The second kappa shape index (κ2) is 17.8. The number of benzene rings is 1. The fourth-order valence-electron chi connectivity index (χ4n) is 6.04. The zero-order valence-corrected chi connectivity index (χ0v) is 25.4. The molecule has 1 saturated heterocycles. The predicted octanol–water partition coefficient (Wildman–Crippen LogP) is 5.20. The molecule has 1 aromatic rings. The average molecular weight is 588 g/mol. The number of piperidine rings is 1. The summed E-state index contributed by atoms with van der Waals surface area (Å²) in [5.41, 5.74) is 0.792. The zero-order chi connectivity index (χ0) is 30.3. The molecular weight excluding hydrogens is 538 g/mol. The summed E-state index contributed by atoms with van der Waals surface area (Å²) < 4.78 is 28.6. The van der Waals surface area contributed by atoms with Crippen LogP contribution in [0.1, 0.15) is 75.7 Å². The SMILES string of the molecule is C=CCOCCCOc1cc([C@@H](C(=O)N2CCCC[C@H]2C(=O)O[C@H](CO)CC=C)C2CCCCC2)cc(OC)c1OC. The second-order valence-electron chi connectivity index (χ2n) is 11.0. The zero-order valence-electron chi connectivity index (χ0n) is 25.4. The van der Waals surface area contributed by atoms with Crippen LogP contribution in [0.4, 0.5) is 0 Å². The van der Waals surface area contributed by atoms with Gasteiger partial charge in [0.2, 0.25) is 11.7 Å². The fraction of sp³-hybridized carbons (Fsp3) is 0.636. The van der Waals surface area contributed by atoms with E-state index in [9.17, 15) is 14.7 Å². The van der Waals surface area contributed by atoms with E-state index in [4.69, 9.17) is 23.7 Å². The first-order chi connectivity index (χ1) is 20.5. The quantitative estimate of drug-likeness (QED) is 0.151. The van der Waals surface area contributed by atoms with E-state index < -0.39 is 24.0 Å². The lowest BCUT2D eigenvalue weighted by Crippen LogP contribution is -2.51. The number of amides is 1. The molecule has 9 nitrogen and oxygen atoms in total. The Balaban J connectivity index is 1.94. The Morgan fingerprint density at radius 1 is 1.00 bits per heavy atom. The summed E-state index contributed by atoms with van der Waals surface area (Å²) in [6.07, 6.45) is 11.0. The highest BCUT2D eigenvalue weighted by Gasteiger charge is 2.41. The van der Waals surface area contributed by atoms with E-state index in [0.717, 1.165) is 50.5 Å². The third-order valence-corrected chi connectivity index (χ3v) is 8.11. The van der Waals surface area contributed by atoms with Crippen LogP contribution in [0, 0.1) is 5.92 Å². The van der Waals surface area contributed by atoms with Gasteiger partial charge in [0.05, 0.1) is 46.6 Å². The largest absolute Gasteiger partial charge is 0.493 e. The fourth-order valence-corrected chi connectivity index (χ4v) is 6.04. The Labute approximate surface area is 250 Å². The van der Waals surface area contributed by atoms with Crippen LogP contribution in [-0.2, 0) is 19.1 Å². The van der Waals surface area contributed by atoms with Gasteiger partial charge in [0, 0.05) is 19.4 Å². The van der Waals surface area contributed by atoms with Gasteiger partial charge in [-0.3, -0.25) is 4.79 Å². The molecule has 0 bridgehead atoms. The number of ether oxygens (including phenoxy) is 5. The smallest absolute Gasteiger partial charge is 0.329 e. The Bertz CT molecular complexity index is 1020. The van der Waals surface area contributed by atoms with Gasteiger partial charge < -0.3 is 33.7 Å². The summed E-state index contributed by atoms with van der Waals surface area (Å²) in [5.74, 6) is 0.568. The predicted molar refractivity (Wildman–Crippen MR) is 161 cm³/mol. The summed E-state index contributed by atoms with van der Waals surface area (Å²) in [6.45, 7) is 8.95. The van der Waals surface area contributed by atoms with Gasteiger partial charge in [-0.25, -0.2) is 4.79 Å². The maximum absolute atomic E-state index is 14.5. The molecule has 1 saturated carbocycles. The van der Waals surface area contributed by atoms with Gasteiger partial charge >= 0.3 is 5.97 Å². The minimum absolute atomic E-state index is 0.0798. The molecule has 1 aromatic carbocycles. The van der Waals surface area contributed by atoms with Crippen LogP contribution in [0.15, 0.2) is 37.4 Å². The summed E-state index contributed by atoms with van der Waals surface area (Å²) in [4.78, 5) is 29.6. The number of aliphatic hydroxyl groups excluding tert-OH is 1. The van der Waals surface area contributed by atoms with Gasteiger partial charge in [0.15, 0.2) is 11.5 Å². The van der Waals surface area contributed by atoms with E-state index in [1.54, 1.807) is 31.3 Å².